The van der Waals surface area contributed by atoms with E-state index in [1.165, 1.54) is 0 Å². The van der Waals surface area contributed by atoms with Crippen molar-refractivity contribution in [2.75, 3.05) is 19.7 Å². The van der Waals surface area contributed by atoms with Crippen LogP contribution >= 0.6 is 15.9 Å². The fraction of sp³-hybridized carbons (Fsp3) is 0.429. The van der Waals surface area contributed by atoms with Crippen molar-refractivity contribution in [3.8, 4) is 5.75 Å². The Kier molecular flexibility index (Phi) is 4.58. The molecule has 0 aliphatic carbocycles. The van der Waals surface area contributed by atoms with E-state index in [4.69, 9.17) is 4.74 Å². The Morgan fingerprint density at radius 1 is 1.37 bits per heavy atom. The summed E-state index contributed by atoms with van der Waals surface area (Å²) in [6.45, 7) is 2.99. The summed E-state index contributed by atoms with van der Waals surface area (Å²) < 4.78 is 6.52. The first-order chi connectivity index (χ1) is 9.06. The molecule has 0 aromatic heterocycles. The zero-order valence-corrected chi connectivity index (χ0v) is 12.4. The van der Waals surface area contributed by atoms with Gasteiger partial charge in [-0.2, -0.15) is 0 Å². The van der Waals surface area contributed by atoms with Crippen molar-refractivity contribution < 1.29 is 14.3 Å². The number of Topliss-reactive ketones (excluding diaryl/α,β-unsaturated/α-hetero) is 1. The number of carbonyl (C=O) groups is 2. The quantitative estimate of drug-likeness (QED) is 0.856. The van der Waals surface area contributed by atoms with E-state index in [0.29, 0.717) is 31.7 Å². The highest BCUT2D eigenvalue weighted by Gasteiger charge is 2.21. The lowest BCUT2D eigenvalue weighted by Crippen LogP contribution is -2.41. The molecule has 1 heterocycles. The first kappa shape index (κ1) is 14.1. The zero-order chi connectivity index (χ0) is 13.8. The third-order valence-electron chi connectivity index (χ3n) is 3.16. The maximum Gasteiger partial charge on any atom is 0.260 e. The molecule has 2 rings (SSSR count). The van der Waals surface area contributed by atoms with Crippen LogP contribution in [0.4, 0.5) is 0 Å². The number of hydrogen-bond donors (Lipinski definition) is 0. The molecular weight excluding hydrogens is 310 g/mol. The highest BCUT2D eigenvalue weighted by Crippen LogP contribution is 2.22. The number of likely N-dealkylation sites (tertiary alicyclic amines) is 1. The predicted octanol–water partition coefficient (Wildman–Crippen LogP) is 2.33. The van der Waals surface area contributed by atoms with E-state index < -0.39 is 0 Å². The van der Waals surface area contributed by atoms with Gasteiger partial charge in [-0.05, 0) is 30.7 Å². The van der Waals surface area contributed by atoms with E-state index >= 15 is 0 Å². The number of ketones is 1. The van der Waals surface area contributed by atoms with E-state index in [2.05, 4.69) is 15.9 Å². The number of amides is 1. The Balaban J connectivity index is 1.88. The fourth-order valence-electron chi connectivity index (χ4n) is 2.01. The molecule has 1 aromatic carbocycles. The second kappa shape index (κ2) is 6.19. The summed E-state index contributed by atoms with van der Waals surface area (Å²) in [4.78, 5) is 24.7. The smallest absolute Gasteiger partial charge is 0.260 e. The highest BCUT2D eigenvalue weighted by molar-refractivity contribution is 9.10. The van der Waals surface area contributed by atoms with E-state index in [1.807, 2.05) is 25.1 Å². The van der Waals surface area contributed by atoms with Gasteiger partial charge in [-0.3, -0.25) is 9.59 Å². The van der Waals surface area contributed by atoms with Crippen LogP contribution < -0.4 is 4.74 Å². The van der Waals surface area contributed by atoms with Gasteiger partial charge < -0.3 is 9.64 Å². The van der Waals surface area contributed by atoms with Gasteiger partial charge in [0, 0.05) is 30.4 Å². The standard InChI is InChI=1S/C14H16BrNO3/c1-10-8-11(15)2-3-13(10)19-9-14(18)16-6-4-12(17)5-7-16/h2-3,8H,4-7,9H2,1H3. The van der Waals surface area contributed by atoms with Gasteiger partial charge in [0.2, 0.25) is 0 Å². The second-order valence-electron chi connectivity index (χ2n) is 4.62. The number of hydrogen-bond acceptors (Lipinski definition) is 3. The molecule has 1 aromatic rings. The monoisotopic (exact) mass is 325 g/mol. The number of rotatable bonds is 3. The molecule has 0 atom stereocenters. The first-order valence-corrected chi connectivity index (χ1v) is 7.04. The molecule has 1 amide bonds. The molecule has 19 heavy (non-hydrogen) atoms. The summed E-state index contributed by atoms with van der Waals surface area (Å²) in [7, 11) is 0. The molecule has 4 nitrogen and oxygen atoms in total. The van der Waals surface area contributed by atoms with Crippen LogP contribution in [0.25, 0.3) is 0 Å². The van der Waals surface area contributed by atoms with Gasteiger partial charge >= 0.3 is 0 Å². The van der Waals surface area contributed by atoms with E-state index in [9.17, 15) is 9.59 Å². The molecule has 0 spiro atoms. The predicted molar refractivity (Wildman–Crippen MR) is 75.2 cm³/mol. The topological polar surface area (TPSA) is 46.6 Å². The van der Waals surface area contributed by atoms with Crippen LogP contribution in [0.15, 0.2) is 22.7 Å². The number of ether oxygens (including phenoxy) is 1. The summed E-state index contributed by atoms with van der Waals surface area (Å²) in [6, 6.07) is 5.66. The van der Waals surface area contributed by atoms with E-state index in [0.717, 1.165) is 10.0 Å². The largest absolute Gasteiger partial charge is 0.483 e. The van der Waals surface area contributed by atoms with Crippen LogP contribution in [-0.2, 0) is 9.59 Å². The maximum absolute atomic E-state index is 11.9. The van der Waals surface area contributed by atoms with Crippen molar-refractivity contribution in [2.24, 2.45) is 0 Å². The third kappa shape index (κ3) is 3.80. The minimum Gasteiger partial charge on any atom is -0.483 e. The molecule has 0 radical (unpaired) electrons. The lowest BCUT2D eigenvalue weighted by molar-refractivity contribution is -0.136. The maximum atomic E-state index is 11.9. The average Bonchev–Trinajstić information content (AvgIpc) is 2.38. The van der Waals surface area contributed by atoms with Crippen molar-refractivity contribution in [1.29, 1.82) is 0 Å². The normalized spacial score (nSPS) is 15.5. The molecule has 0 saturated carbocycles. The summed E-state index contributed by atoms with van der Waals surface area (Å²) >= 11 is 3.38. The van der Waals surface area contributed by atoms with E-state index in [-0.39, 0.29) is 18.3 Å². The average molecular weight is 326 g/mol. The van der Waals surface area contributed by atoms with Crippen molar-refractivity contribution in [2.45, 2.75) is 19.8 Å². The van der Waals surface area contributed by atoms with Gasteiger partial charge in [0.15, 0.2) is 6.61 Å². The Hall–Kier alpha value is -1.36. The van der Waals surface area contributed by atoms with Gasteiger partial charge in [0.25, 0.3) is 5.91 Å². The SMILES string of the molecule is Cc1cc(Br)ccc1OCC(=O)N1CCC(=O)CC1. The molecular formula is C14H16BrNO3. The molecule has 0 bridgehead atoms. The van der Waals surface area contributed by atoms with Crippen molar-refractivity contribution in [3.63, 3.8) is 0 Å². The molecule has 102 valence electrons. The molecule has 1 fully saturated rings. The van der Waals surface area contributed by atoms with Crippen molar-refractivity contribution in [1.82, 2.24) is 4.90 Å². The summed E-state index contributed by atoms with van der Waals surface area (Å²) in [5, 5.41) is 0. The van der Waals surface area contributed by atoms with Crippen LogP contribution in [0.1, 0.15) is 18.4 Å². The molecule has 5 heteroatoms. The van der Waals surface area contributed by atoms with Crippen molar-refractivity contribution >= 4 is 27.6 Å². The minimum absolute atomic E-state index is 0.0245. The van der Waals surface area contributed by atoms with Crippen LogP contribution in [0.2, 0.25) is 0 Å². The van der Waals surface area contributed by atoms with Crippen LogP contribution in [0.3, 0.4) is 0 Å². The summed E-state index contributed by atoms with van der Waals surface area (Å²) in [5.74, 6) is 0.883. The number of carbonyl (C=O) groups excluding carboxylic acids is 2. The van der Waals surface area contributed by atoms with Gasteiger partial charge in [-0.15, -0.1) is 0 Å². The lowest BCUT2D eigenvalue weighted by atomic mass is 10.1. The van der Waals surface area contributed by atoms with Crippen molar-refractivity contribution in [3.05, 3.63) is 28.2 Å². The Morgan fingerprint density at radius 2 is 2.05 bits per heavy atom. The first-order valence-electron chi connectivity index (χ1n) is 6.24. The number of aryl methyl sites for hydroxylation is 1. The lowest BCUT2D eigenvalue weighted by Gasteiger charge is -2.26. The second-order valence-corrected chi connectivity index (χ2v) is 5.53. The Bertz CT molecular complexity index is 491. The fourth-order valence-corrected chi connectivity index (χ4v) is 2.49. The van der Waals surface area contributed by atoms with Gasteiger partial charge in [0.1, 0.15) is 11.5 Å². The van der Waals surface area contributed by atoms with Crippen LogP contribution in [0, 0.1) is 6.92 Å². The molecule has 0 N–H and O–H groups in total. The summed E-state index contributed by atoms with van der Waals surface area (Å²) in [5.41, 5.74) is 0.982. The summed E-state index contributed by atoms with van der Waals surface area (Å²) in [6.07, 6.45) is 0.923. The molecule has 1 aliphatic rings. The van der Waals surface area contributed by atoms with Gasteiger partial charge in [-0.1, -0.05) is 15.9 Å². The number of halogens is 1. The number of piperidine rings is 1. The molecule has 0 unspecified atom stereocenters. The van der Waals surface area contributed by atoms with Crippen LogP contribution in [-0.4, -0.2) is 36.3 Å². The Labute approximate surface area is 120 Å². The molecule has 1 aliphatic heterocycles. The van der Waals surface area contributed by atoms with Gasteiger partial charge in [0.05, 0.1) is 0 Å². The molecule has 1 saturated heterocycles. The highest BCUT2D eigenvalue weighted by atomic mass is 79.9. The zero-order valence-electron chi connectivity index (χ0n) is 10.8. The minimum atomic E-state index is -0.0604. The Morgan fingerprint density at radius 3 is 2.68 bits per heavy atom. The van der Waals surface area contributed by atoms with E-state index in [1.54, 1.807) is 4.90 Å². The number of nitrogens with zero attached hydrogens (tertiary/aromatic N) is 1. The number of benzene rings is 1. The third-order valence-corrected chi connectivity index (χ3v) is 3.66. The van der Waals surface area contributed by atoms with Gasteiger partial charge in [-0.25, -0.2) is 0 Å². The van der Waals surface area contributed by atoms with Crippen LogP contribution in [0.5, 0.6) is 5.75 Å².